The van der Waals surface area contributed by atoms with E-state index in [0.717, 1.165) is 32.4 Å². The minimum absolute atomic E-state index is 0.0273. The van der Waals surface area contributed by atoms with Gasteiger partial charge in [0.05, 0.1) is 6.61 Å². The number of nitrogens with zero attached hydrogens (tertiary/aromatic N) is 1. The fourth-order valence-corrected chi connectivity index (χ4v) is 3.32. The van der Waals surface area contributed by atoms with Crippen molar-refractivity contribution in [3.8, 4) is 0 Å². The van der Waals surface area contributed by atoms with Gasteiger partial charge in [0.15, 0.2) is 0 Å². The molecule has 0 saturated heterocycles. The number of nitrogens with two attached hydrogens (primary N) is 1. The number of hydrogen-bond donors (Lipinski definition) is 1. The highest BCUT2D eigenvalue weighted by Crippen LogP contribution is 2.35. The van der Waals surface area contributed by atoms with Crippen molar-refractivity contribution in [3.05, 3.63) is 0 Å². The van der Waals surface area contributed by atoms with Crippen LogP contribution in [-0.2, 0) is 4.84 Å². The molecule has 0 bridgehead atoms. The molecule has 0 amide bonds. The summed E-state index contributed by atoms with van der Waals surface area (Å²) in [5.41, 5.74) is 6.67. The molecular weight excluding hydrogens is 248 g/mol. The Hall–Kier alpha value is -0.120. The standard InChI is InChI=1S/C17H38N2O/c1-8-13-15(17(18,9-2)10-3)14-16(6,7)19(11-4)20-12-5/h15H,8-14,18H2,1-7H3. The van der Waals surface area contributed by atoms with Crippen LogP contribution in [-0.4, -0.2) is 29.3 Å². The van der Waals surface area contributed by atoms with Crippen LogP contribution in [0, 0.1) is 5.92 Å². The average molecular weight is 287 g/mol. The van der Waals surface area contributed by atoms with Crippen LogP contribution >= 0.6 is 0 Å². The summed E-state index contributed by atoms with van der Waals surface area (Å²) in [7, 11) is 0. The van der Waals surface area contributed by atoms with Gasteiger partial charge in [0.1, 0.15) is 0 Å². The van der Waals surface area contributed by atoms with Gasteiger partial charge in [-0.1, -0.05) is 34.1 Å². The third-order valence-corrected chi connectivity index (χ3v) is 4.76. The zero-order valence-electron chi connectivity index (χ0n) is 15.0. The van der Waals surface area contributed by atoms with Gasteiger partial charge in [-0.25, -0.2) is 0 Å². The molecule has 0 spiro atoms. The predicted molar refractivity (Wildman–Crippen MR) is 88.6 cm³/mol. The molecule has 0 aromatic rings. The molecule has 2 N–H and O–H groups in total. The SMILES string of the molecule is CCCC(CC(C)(C)N(CC)OCC)C(N)(CC)CC. The van der Waals surface area contributed by atoms with Crippen LogP contribution in [0.2, 0.25) is 0 Å². The second-order valence-electron chi connectivity index (χ2n) is 6.55. The lowest BCUT2D eigenvalue weighted by molar-refractivity contribution is -0.214. The summed E-state index contributed by atoms with van der Waals surface area (Å²) in [6.07, 6.45) is 5.58. The van der Waals surface area contributed by atoms with Crippen molar-refractivity contribution in [1.82, 2.24) is 5.06 Å². The zero-order chi connectivity index (χ0) is 15.8. The molecule has 20 heavy (non-hydrogen) atoms. The molecule has 0 aromatic heterocycles. The summed E-state index contributed by atoms with van der Waals surface area (Å²) >= 11 is 0. The van der Waals surface area contributed by atoms with E-state index in [4.69, 9.17) is 10.6 Å². The first kappa shape index (κ1) is 19.9. The van der Waals surface area contributed by atoms with Crippen molar-refractivity contribution in [1.29, 1.82) is 0 Å². The van der Waals surface area contributed by atoms with Gasteiger partial charge in [-0.15, -0.1) is 0 Å². The first-order chi connectivity index (χ1) is 9.31. The maximum Gasteiger partial charge on any atom is 0.0657 e. The monoisotopic (exact) mass is 286 g/mol. The van der Waals surface area contributed by atoms with Crippen molar-refractivity contribution in [2.24, 2.45) is 11.7 Å². The van der Waals surface area contributed by atoms with Crippen LogP contribution in [0.15, 0.2) is 0 Å². The molecule has 3 heteroatoms. The third-order valence-electron chi connectivity index (χ3n) is 4.76. The maximum absolute atomic E-state index is 6.69. The summed E-state index contributed by atoms with van der Waals surface area (Å²) in [6.45, 7) is 17.1. The second kappa shape index (κ2) is 9.01. The molecule has 122 valence electrons. The molecule has 0 aliphatic carbocycles. The Balaban J connectivity index is 5.04. The topological polar surface area (TPSA) is 38.5 Å². The number of hydroxylamine groups is 2. The van der Waals surface area contributed by atoms with Gasteiger partial charge in [-0.3, -0.25) is 4.84 Å². The molecule has 0 aliphatic heterocycles. The summed E-state index contributed by atoms with van der Waals surface area (Å²) in [5, 5.41) is 2.13. The largest absolute Gasteiger partial charge is 0.325 e. The molecule has 0 aromatic carbocycles. The molecular formula is C17H38N2O. The first-order valence-electron chi connectivity index (χ1n) is 8.50. The van der Waals surface area contributed by atoms with Crippen molar-refractivity contribution in [3.63, 3.8) is 0 Å². The molecule has 1 atom stereocenters. The molecule has 0 fully saturated rings. The zero-order valence-corrected chi connectivity index (χ0v) is 15.0. The summed E-state index contributed by atoms with van der Waals surface area (Å²) in [4.78, 5) is 5.81. The summed E-state index contributed by atoms with van der Waals surface area (Å²) in [6, 6.07) is 0. The molecule has 0 heterocycles. The Kier molecular flexibility index (Phi) is 8.96. The number of hydrogen-bond acceptors (Lipinski definition) is 3. The van der Waals surface area contributed by atoms with Gasteiger partial charge >= 0.3 is 0 Å². The van der Waals surface area contributed by atoms with Crippen LogP contribution < -0.4 is 5.73 Å². The Morgan fingerprint density at radius 3 is 1.95 bits per heavy atom. The molecule has 3 nitrogen and oxygen atoms in total. The van der Waals surface area contributed by atoms with Crippen molar-refractivity contribution >= 4 is 0 Å². The molecule has 0 saturated carbocycles. The first-order valence-corrected chi connectivity index (χ1v) is 8.50. The lowest BCUT2D eigenvalue weighted by atomic mass is 9.72. The fraction of sp³-hybridized carbons (Fsp3) is 1.00. The van der Waals surface area contributed by atoms with Crippen LogP contribution in [0.3, 0.4) is 0 Å². The fourth-order valence-electron chi connectivity index (χ4n) is 3.32. The highest BCUT2D eigenvalue weighted by Gasteiger charge is 2.37. The van der Waals surface area contributed by atoms with Gasteiger partial charge in [0.25, 0.3) is 0 Å². The van der Waals surface area contributed by atoms with Crippen LogP contribution in [0.1, 0.15) is 80.6 Å². The van der Waals surface area contributed by atoms with Crippen LogP contribution in [0.4, 0.5) is 0 Å². The quantitative estimate of drug-likeness (QED) is 0.573. The van der Waals surface area contributed by atoms with Crippen molar-refractivity contribution < 1.29 is 4.84 Å². The average Bonchev–Trinajstić information content (AvgIpc) is 2.42. The van der Waals surface area contributed by atoms with E-state index >= 15 is 0 Å². The summed E-state index contributed by atoms with van der Waals surface area (Å²) in [5.74, 6) is 0.548. The minimum Gasteiger partial charge on any atom is -0.325 e. The lowest BCUT2D eigenvalue weighted by Gasteiger charge is -2.44. The van der Waals surface area contributed by atoms with Gasteiger partial charge in [0, 0.05) is 17.6 Å². The van der Waals surface area contributed by atoms with Gasteiger partial charge in [0.2, 0.25) is 0 Å². The van der Waals surface area contributed by atoms with Crippen LogP contribution in [0.5, 0.6) is 0 Å². The molecule has 1 unspecified atom stereocenters. The van der Waals surface area contributed by atoms with E-state index in [1.54, 1.807) is 0 Å². The highest BCUT2D eigenvalue weighted by molar-refractivity contribution is 4.93. The smallest absolute Gasteiger partial charge is 0.0657 e. The van der Waals surface area contributed by atoms with E-state index < -0.39 is 0 Å². The van der Waals surface area contributed by atoms with E-state index in [9.17, 15) is 0 Å². The Bertz CT molecular complexity index is 249. The molecule has 0 radical (unpaired) electrons. The number of rotatable bonds is 11. The summed E-state index contributed by atoms with van der Waals surface area (Å²) < 4.78 is 0. The van der Waals surface area contributed by atoms with Crippen LogP contribution in [0.25, 0.3) is 0 Å². The minimum atomic E-state index is -0.0428. The predicted octanol–water partition coefficient (Wildman–Crippen LogP) is 4.36. The normalized spacial score (nSPS) is 14.8. The molecule has 0 rings (SSSR count). The highest BCUT2D eigenvalue weighted by atomic mass is 16.7. The van der Waals surface area contributed by atoms with E-state index in [-0.39, 0.29) is 11.1 Å². The van der Waals surface area contributed by atoms with E-state index in [1.807, 2.05) is 6.92 Å². The van der Waals surface area contributed by atoms with E-state index in [0.29, 0.717) is 5.92 Å². The Labute approximate surface area is 127 Å². The van der Waals surface area contributed by atoms with Gasteiger partial charge < -0.3 is 5.73 Å². The van der Waals surface area contributed by atoms with E-state index in [1.165, 1.54) is 12.8 Å². The van der Waals surface area contributed by atoms with Crippen molar-refractivity contribution in [2.45, 2.75) is 91.6 Å². The lowest BCUT2D eigenvalue weighted by Crippen LogP contribution is -2.52. The van der Waals surface area contributed by atoms with Crippen molar-refractivity contribution in [2.75, 3.05) is 13.2 Å². The van der Waals surface area contributed by atoms with Gasteiger partial charge in [-0.2, -0.15) is 5.06 Å². The Morgan fingerprint density at radius 1 is 1.05 bits per heavy atom. The Morgan fingerprint density at radius 2 is 1.60 bits per heavy atom. The molecule has 0 aliphatic rings. The maximum atomic E-state index is 6.69. The second-order valence-corrected chi connectivity index (χ2v) is 6.55. The van der Waals surface area contributed by atoms with E-state index in [2.05, 4.69) is 46.6 Å². The van der Waals surface area contributed by atoms with Gasteiger partial charge in [-0.05, 0) is 52.4 Å². The third kappa shape index (κ3) is 5.34.